The number of nitrogens with one attached hydrogen (secondary N) is 1. The number of hydrogen-bond acceptors (Lipinski definition) is 3. The van der Waals surface area contributed by atoms with E-state index >= 15 is 0 Å². The Morgan fingerprint density at radius 3 is 2.45 bits per heavy atom. The topological polar surface area (TPSA) is 30.5 Å². The molecule has 2 rings (SSSR count). The van der Waals surface area contributed by atoms with E-state index in [0.29, 0.717) is 17.3 Å². The van der Waals surface area contributed by atoms with Gasteiger partial charge in [-0.05, 0) is 25.5 Å². The van der Waals surface area contributed by atoms with E-state index in [0.717, 1.165) is 17.9 Å². The molecule has 0 aliphatic carbocycles. The first-order valence-corrected chi connectivity index (χ1v) is 7.75. The first-order chi connectivity index (χ1) is 10.6. The molecule has 118 valence electrons. The minimum absolute atomic E-state index is 0.0722. The minimum atomic E-state index is 0.0722. The summed E-state index contributed by atoms with van der Waals surface area (Å²) in [5.41, 5.74) is 2.23. The van der Waals surface area contributed by atoms with Crippen LogP contribution in [-0.4, -0.2) is 13.2 Å². The standard InChI is InChI=1S/C18H22ClNO2/c1-13(2)22-18-15(9-16(19)10-17(18)21-3)12-20-11-14-7-5-4-6-8-14/h4-10,13,20H,11-12H2,1-3H3. The van der Waals surface area contributed by atoms with Gasteiger partial charge in [0.1, 0.15) is 0 Å². The molecule has 0 aromatic heterocycles. The van der Waals surface area contributed by atoms with Crippen molar-refractivity contribution in [2.75, 3.05) is 7.11 Å². The molecule has 0 amide bonds. The number of ether oxygens (including phenoxy) is 2. The van der Waals surface area contributed by atoms with Gasteiger partial charge in [0.15, 0.2) is 11.5 Å². The Morgan fingerprint density at radius 2 is 1.82 bits per heavy atom. The van der Waals surface area contributed by atoms with E-state index in [1.807, 2.05) is 38.1 Å². The molecule has 3 nitrogen and oxygen atoms in total. The summed E-state index contributed by atoms with van der Waals surface area (Å²) >= 11 is 6.17. The highest BCUT2D eigenvalue weighted by atomic mass is 35.5. The summed E-state index contributed by atoms with van der Waals surface area (Å²) in [5, 5.41) is 4.06. The van der Waals surface area contributed by atoms with Gasteiger partial charge < -0.3 is 14.8 Å². The number of methoxy groups -OCH3 is 1. The molecule has 0 aliphatic rings. The fourth-order valence-electron chi connectivity index (χ4n) is 2.21. The molecule has 1 N–H and O–H groups in total. The zero-order valence-electron chi connectivity index (χ0n) is 13.2. The average molecular weight is 320 g/mol. The van der Waals surface area contributed by atoms with Crippen LogP contribution >= 0.6 is 11.6 Å². The Balaban J connectivity index is 2.12. The van der Waals surface area contributed by atoms with Gasteiger partial charge in [-0.2, -0.15) is 0 Å². The molecule has 2 aromatic carbocycles. The Morgan fingerprint density at radius 1 is 1.09 bits per heavy atom. The first-order valence-electron chi connectivity index (χ1n) is 7.38. The maximum absolute atomic E-state index is 6.17. The fourth-order valence-corrected chi connectivity index (χ4v) is 2.44. The van der Waals surface area contributed by atoms with Crippen molar-refractivity contribution in [3.8, 4) is 11.5 Å². The third kappa shape index (κ3) is 4.65. The number of benzene rings is 2. The van der Waals surface area contributed by atoms with Gasteiger partial charge in [0, 0.05) is 29.7 Å². The van der Waals surface area contributed by atoms with Gasteiger partial charge >= 0.3 is 0 Å². The van der Waals surface area contributed by atoms with Crippen molar-refractivity contribution in [1.82, 2.24) is 5.32 Å². The van der Waals surface area contributed by atoms with Gasteiger partial charge in [0.25, 0.3) is 0 Å². The summed E-state index contributed by atoms with van der Waals surface area (Å²) in [6.45, 7) is 5.44. The average Bonchev–Trinajstić information content (AvgIpc) is 2.50. The lowest BCUT2D eigenvalue weighted by molar-refractivity contribution is 0.227. The summed E-state index contributed by atoms with van der Waals surface area (Å²) in [7, 11) is 1.63. The summed E-state index contributed by atoms with van der Waals surface area (Å²) in [6, 6.07) is 14.0. The van der Waals surface area contributed by atoms with Gasteiger partial charge in [0.05, 0.1) is 13.2 Å². The van der Waals surface area contributed by atoms with Crippen LogP contribution in [0.1, 0.15) is 25.0 Å². The van der Waals surface area contributed by atoms with Crippen molar-refractivity contribution < 1.29 is 9.47 Å². The molecule has 0 aliphatic heterocycles. The zero-order chi connectivity index (χ0) is 15.9. The summed E-state index contributed by atoms with van der Waals surface area (Å²) < 4.78 is 11.3. The Kier molecular flexibility index (Phi) is 6.10. The third-order valence-electron chi connectivity index (χ3n) is 3.16. The van der Waals surface area contributed by atoms with E-state index in [-0.39, 0.29) is 6.10 Å². The van der Waals surface area contributed by atoms with E-state index in [9.17, 15) is 0 Å². The van der Waals surface area contributed by atoms with E-state index in [1.54, 1.807) is 13.2 Å². The van der Waals surface area contributed by atoms with Crippen molar-refractivity contribution in [3.05, 3.63) is 58.6 Å². The van der Waals surface area contributed by atoms with Gasteiger partial charge in [-0.15, -0.1) is 0 Å². The van der Waals surface area contributed by atoms with Crippen molar-refractivity contribution in [3.63, 3.8) is 0 Å². The van der Waals surface area contributed by atoms with Crippen LogP contribution in [0.25, 0.3) is 0 Å². The van der Waals surface area contributed by atoms with Crippen molar-refractivity contribution in [2.24, 2.45) is 0 Å². The largest absolute Gasteiger partial charge is 0.493 e. The molecule has 0 fully saturated rings. The molecule has 2 aromatic rings. The summed E-state index contributed by atoms with van der Waals surface area (Å²) in [4.78, 5) is 0. The van der Waals surface area contributed by atoms with Gasteiger partial charge in [-0.3, -0.25) is 0 Å². The molecule has 0 saturated carbocycles. The lowest BCUT2D eigenvalue weighted by atomic mass is 10.1. The molecule has 0 saturated heterocycles. The Bertz CT molecular complexity index is 600. The van der Waals surface area contributed by atoms with Crippen LogP contribution in [0.3, 0.4) is 0 Å². The van der Waals surface area contributed by atoms with Crippen molar-refractivity contribution in [2.45, 2.75) is 33.0 Å². The Labute approximate surface area is 137 Å². The van der Waals surface area contributed by atoms with Crippen molar-refractivity contribution in [1.29, 1.82) is 0 Å². The molecule has 22 heavy (non-hydrogen) atoms. The van der Waals surface area contributed by atoms with Crippen LogP contribution in [0, 0.1) is 0 Å². The number of hydrogen-bond donors (Lipinski definition) is 1. The highest BCUT2D eigenvalue weighted by Gasteiger charge is 2.14. The normalized spacial score (nSPS) is 10.8. The zero-order valence-corrected chi connectivity index (χ0v) is 14.0. The fraction of sp³-hybridized carbons (Fsp3) is 0.333. The monoisotopic (exact) mass is 319 g/mol. The highest BCUT2D eigenvalue weighted by molar-refractivity contribution is 6.30. The van der Waals surface area contributed by atoms with E-state index in [2.05, 4.69) is 17.4 Å². The second kappa shape index (κ2) is 8.06. The third-order valence-corrected chi connectivity index (χ3v) is 3.38. The van der Waals surface area contributed by atoms with E-state index in [4.69, 9.17) is 21.1 Å². The molecule has 0 spiro atoms. The van der Waals surface area contributed by atoms with E-state index in [1.165, 1.54) is 5.56 Å². The molecule has 0 heterocycles. The van der Waals surface area contributed by atoms with Crippen LogP contribution in [0.15, 0.2) is 42.5 Å². The van der Waals surface area contributed by atoms with Crippen LogP contribution in [0.5, 0.6) is 11.5 Å². The molecule has 0 bridgehead atoms. The maximum Gasteiger partial charge on any atom is 0.166 e. The molecule has 0 radical (unpaired) electrons. The van der Waals surface area contributed by atoms with Crippen LogP contribution in [0.4, 0.5) is 0 Å². The van der Waals surface area contributed by atoms with Crippen LogP contribution < -0.4 is 14.8 Å². The highest BCUT2D eigenvalue weighted by Crippen LogP contribution is 2.35. The smallest absolute Gasteiger partial charge is 0.166 e. The van der Waals surface area contributed by atoms with Gasteiger partial charge in [-0.1, -0.05) is 41.9 Å². The second-order valence-corrected chi connectivity index (χ2v) is 5.79. The predicted octanol–water partition coefficient (Wildman–Crippen LogP) is 4.43. The van der Waals surface area contributed by atoms with Crippen molar-refractivity contribution >= 4 is 11.6 Å². The molecular formula is C18H22ClNO2. The summed E-state index contributed by atoms with van der Waals surface area (Å²) in [5.74, 6) is 1.42. The molecule has 0 atom stereocenters. The molecule has 0 unspecified atom stereocenters. The second-order valence-electron chi connectivity index (χ2n) is 5.35. The summed E-state index contributed by atoms with van der Waals surface area (Å²) in [6.07, 6.45) is 0.0722. The quantitative estimate of drug-likeness (QED) is 0.819. The number of rotatable bonds is 7. The lowest BCUT2D eigenvalue weighted by Gasteiger charge is -2.18. The van der Waals surface area contributed by atoms with Gasteiger partial charge in [-0.25, -0.2) is 0 Å². The molecular weight excluding hydrogens is 298 g/mol. The minimum Gasteiger partial charge on any atom is -0.493 e. The lowest BCUT2D eigenvalue weighted by Crippen LogP contribution is -2.15. The molecule has 4 heteroatoms. The predicted molar refractivity (Wildman–Crippen MR) is 90.8 cm³/mol. The Hall–Kier alpha value is -1.71. The van der Waals surface area contributed by atoms with Crippen LogP contribution in [-0.2, 0) is 13.1 Å². The first kappa shape index (κ1) is 16.7. The SMILES string of the molecule is COc1cc(Cl)cc(CNCc2ccccc2)c1OC(C)C. The van der Waals surface area contributed by atoms with Crippen LogP contribution in [0.2, 0.25) is 5.02 Å². The number of halogens is 1. The maximum atomic E-state index is 6.17. The van der Waals surface area contributed by atoms with E-state index < -0.39 is 0 Å². The van der Waals surface area contributed by atoms with Gasteiger partial charge in [0.2, 0.25) is 0 Å².